The standard InChI is InChI=1S/C27H30F2N6O4/c1-14-18(10-33-26-25(14)31-4-7-38-26)17-8-15-9-22(32-11-19(15)24(30)23(17)29)34-27(36)39-21-2-5-35(12-20(21)28)16-3-6-37-13-16/h8-11,16,20-21,31H,2-7,12-13,30H2,1H3,(H,32,34,36)/t16-,20-,21-/m0/s1. The summed E-state index contributed by atoms with van der Waals surface area (Å²) in [7, 11) is 0. The fourth-order valence-corrected chi connectivity index (χ4v) is 5.51. The minimum Gasteiger partial charge on any atom is -0.474 e. The Hall–Kier alpha value is -3.77. The summed E-state index contributed by atoms with van der Waals surface area (Å²) in [5.74, 6) is 0.0610. The maximum atomic E-state index is 15.4. The third-order valence-electron chi connectivity index (χ3n) is 7.66. The molecular formula is C27H30F2N6O4. The molecule has 0 aliphatic carbocycles. The first-order chi connectivity index (χ1) is 18.9. The Balaban J connectivity index is 1.20. The molecule has 3 atom stereocenters. The van der Waals surface area contributed by atoms with E-state index in [1.54, 1.807) is 18.3 Å². The minimum atomic E-state index is -1.30. The number of nitrogens with zero attached hydrogens (tertiary/aromatic N) is 3. The van der Waals surface area contributed by atoms with Crippen molar-refractivity contribution in [3.05, 3.63) is 35.9 Å². The fourth-order valence-electron chi connectivity index (χ4n) is 5.51. The van der Waals surface area contributed by atoms with Crippen LogP contribution in [0.4, 0.5) is 30.8 Å². The molecule has 4 N–H and O–H groups in total. The summed E-state index contributed by atoms with van der Waals surface area (Å²) in [6, 6.07) is 3.43. The van der Waals surface area contributed by atoms with E-state index in [1.165, 1.54) is 6.20 Å². The van der Waals surface area contributed by atoms with Crippen LogP contribution in [0.25, 0.3) is 21.9 Å². The van der Waals surface area contributed by atoms with Gasteiger partial charge in [0.2, 0.25) is 5.88 Å². The van der Waals surface area contributed by atoms with Gasteiger partial charge in [0.15, 0.2) is 5.82 Å². The first-order valence-corrected chi connectivity index (χ1v) is 13.1. The number of amides is 1. The number of aromatic nitrogens is 2. The average molecular weight is 541 g/mol. The van der Waals surface area contributed by atoms with Crippen molar-refractivity contribution in [3.8, 4) is 17.0 Å². The lowest BCUT2D eigenvalue weighted by atomic mass is 9.97. The number of hydrogen-bond acceptors (Lipinski definition) is 9. The molecule has 12 heteroatoms. The van der Waals surface area contributed by atoms with E-state index in [0.717, 1.165) is 12.0 Å². The van der Waals surface area contributed by atoms with Gasteiger partial charge in [-0.1, -0.05) is 0 Å². The van der Waals surface area contributed by atoms with E-state index in [2.05, 4.69) is 25.5 Å². The first-order valence-electron chi connectivity index (χ1n) is 13.1. The number of piperidine rings is 1. The second-order valence-corrected chi connectivity index (χ2v) is 10.1. The van der Waals surface area contributed by atoms with Gasteiger partial charge in [-0.15, -0.1) is 0 Å². The third kappa shape index (κ3) is 4.89. The van der Waals surface area contributed by atoms with E-state index in [0.29, 0.717) is 67.2 Å². The number of nitrogens with one attached hydrogen (secondary N) is 2. The first kappa shape index (κ1) is 25.5. The number of nitrogen functional groups attached to an aromatic ring is 1. The molecule has 3 aromatic rings. The topological polar surface area (TPSA) is 124 Å². The molecule has 0 unspecified atom stereocenters. The molecule has 2 fully saturated rings. The lowest BCUT2D eigenvalue weighted by Crippen LogP contribution is -2.50. The van der Waals surface area contributed by atoms with Gasteiger partial charge >= 0.3 is 6.09 Å². The molecule has 1 amide bonds. The molecule has 5 heterocycles. The van der Waals surface area contributed by atoms with Crippen LogP contribution in [0.1, 0.15) is 18.4 Å². The van der Waals surface area contributed by atoms with E-state index < -0.39 is 24.2 Å². The van der Waals surface area contributed by atoms with Gasteiger partial charge in [0.25, 0.3) is 0 Å². The van der Waals surface area contributed by atoms with Crippen LogP contribution in [0.2, 0.25) is 0 Å². The molecule has 3 aliphatic rings. The summed E-state index contributed by atoms with van der Waals surface area (Å²) < 4.78 is 46.6. The quantitative estimate of drug-likeness (QED) is 0.423. The van der Waals surface area contributed by atoms with Gasteiger partial charge in [-0.25, -0.2) is 23.5 Å². The minimum absolute atomic E-state index is 0.0647. The summed E-state index contributed by atoms with van der Waals surface area (Å²) in [6.45, 7) is 5.11. The van der Waals surface area contributed by atoms with Gasteiger partial charge in [-0.05, 0) is 36.4 Å². The van der Waals surface area contributed by atoms with Gasteiger partial charge in [-0.3, -0.25) is 10.2 Å². The molecule has 3 aliphatic heterocycles. The van der Waals surface area contributed by atoms with Crippen LogP contribution in [-0.4, -0.2) is 78.7 Å². The number of ether oxygens (including phenoxy) is 3. The molecule has 6 rings (SSSR count). The SMILES string of the molecule is Cc1c(-c2cc3cc(NC(=O)O[C@H]4CCN([C@H]5CCOC5)C[C@@H]4F)ncc3c(N)c2F)cnc2c1NCCO2. The molecule has 2 saturated heterocycles. The van der Waals surface area contributed by atoms with Gasteiger partial charge in [-0.2, -0.15) is 0 Å². The number of rotatable bonds is 4. The number of alkyl halides is 1. The third-order valence-corrected chi connectivity index (χ3v) is 7.66. The van der Waals surface area contributed by atoms with E-state index in [4.69, 9.17) is 19.9 Å². The summed E-state index contributed by atoms with van der Waals surface area (Å²) >= 11 is 0. The molecule has 1 aromatic carbocycles. The largest absolute Gasteiger partial charge is 0.474 e. The van der Waals surface area contributed by atoms with E-state index in [-0.39, 0.29) is 29.7 Å². The fraction of sp³-hybridized carbons (Fsp3) is 0.444. The van der Waals surface area contributed by atoms with Crippen LogP contribution in [0.5, 0.6) is 5.88 Å². The highest BCUT2D eigenvalue weighted by molar-refractivity contribution is 5.99. The average Bonchev–Trinajstić information content (AvgIpc) is 3.48. The van der Waals surface area contributed by atoms with Crippen molar-refractivity contribution < 1.29 is 27.8 Å². The number of halogens is 2. The monoisotopic (exact) mass is 540 g/mol. The van der Waals surface area contributed by atoms with Crippen LogP contribution in [0.3, 0.4) is 0 Å². The van der Waals surface area contributed by atoms with E-state index in [9.17, 15) is 9.18 Å². The second-order valence-electron chi connectivity index (χ2n) is 10.1. The molecular weight excluding hydrogens is 510 g/mol. The van der Waals surface area contributed by atoms with Crippen LogP contribution in [0, 0.1) is 12.7 Å². The van der Waals surface area contributed by atoms with Crippen LogP contribution in [-0.2, 0) is 9.47 Å². The maximum absolute atomic E-state index is 15.4. The predicted molar refractivity (Wildman–Crippen MR) is 142 cm³/mol. The molecule has 10 nitrogen and oxygen atoms in total. The molecule has 0 saturated carbocycles. The molecule has 206 valence electrons. The van der Waals surface area contributed by atoms with Crippen LogP contribution in [0.15, 0.2) is 24.5 Å². The van der Waals surface area contributed by atoms with Gasteiger partial charge in [0.1, 0.15) is 30.4 Å². The van der Waals surface area contributed by atoms with Crippen molar-refractivity contribution in [2.75, 3.05) is 55.8 Å². The molecule has 0 spiro atoms. The van der Waals surface area contributed by atoms with E-state index >= 15 is 4.39 Å². The Labute approximate surface area is 223 Å². The Morgan fingerprint density at radius 3 is 2.90 bits per heavy atom. The van der Waals surface area contributed by atoms with Gasteiger partial charge in [0, 0.05) is 67.6 Å². The number of likely N-dealkylation sites (tertiary alicyclic amines) is 1. The Morgan fingerprint density at radius 2 is 2.10 bits per heavy atom. The van der Waals surface area contributed by atoms with Crippen molar-refractivity contribution in [1.29, 1.82) is 0 Å². The van der Waals surface area contributed by atoms with Crippen LogP contribution >= 0.6 is 0 Å². The lowest BCUT2D eigenvalue weighted by molar-refractivity contribution is -0.0161. The number of carbonyl (C=O) groups is 1. The zero-order valence-electron chi connectivity index (χ0n) is 21.5. The highest BCUT2D eigenvalue weighted by Gasteiger charge is 2.36. The highest BCUT2D eigenvalue weighted by Crippen LogP contribution is 2.39. The molecule has 0 bridgehead atoms. The summed E-state index contributed by atoms with van der Waals surface area (Å²) in [5, 5.41) is 6.77. The zero-order chi connectivity index (χ0) is 27.1. The molecule has 0 radical (unpaired) electrons. The normalized spacial score (nSPS) is 23.1. The number of fused-ring (bicyclic) bond motifs is 2. The number of nitrogens with two attached hydrogens (primary N) is 1. The summed E-state index contributed by atoms with van der Waals surface area (Å²) in [6.07, 6.45) is 1.27. The van der Waals surface area contributed by atoms with Crippen molar-refractivity contribution in [2.45, 2.75) is 38.1 Å². The summed E-state index contributed by atoms with van der Waals surface area (Å²) in [5.41, 5.74) is 8.40. The number of benzene rings is 1. The van der Waals surface area contributed by atoms with Crippen molar-refractivity contribution >= 4 is 34.1 Å². The van der Waals surface area contributed by atoms with Crippen molar-refractivity contribution in [3.63, 3.8) is 0 Å². The van der Waals surface area contributed by atoms with Gasteiger partial charge < -0.3 is 25.3 Å². The number of hydrogen-bond donors (Lipinski definition) is 3. The lowest BCUT2D eigenvalue weighted by Gasteiger charge is -2.37. The maximum Gasteiger partial charge on any atom is 0.413 e. The van der Waals surface area contributed by atoms with Crippen molar-refractivity contribution in [1.82, 2.24) is 14.9 Å². The highest BCUT2D eigenvalue weighted by atomic mass is 19.1. The van der Waals surface area contributed by atoms with E-state index in [1.807, 2.05) is 6.92 Å². The smallest absolute Gasteiger partial charge is 0.413 e. The Morgan fingerprint density at radius 1 is 1.23 bits per heavy atom. The van der Waals surface area contributed by atoms with Crippen molar-refractivity contribution in [2.24, 2.45) is 0 Å². The molecule has 39 heavy (non-hydrogen) atoms. The zero-order valence-corrected chi connectivity index (χ0v) is 21.5. The van der Waals surface area contributed by atoms with Gasteiger partial charge in [0.05, 0.1) is 12.3 Å². The second kappa shape index (κ2) is 10.4. The van der Waals surface area contributed by atoms with Crippen LogP contribution < -0.4 is 21.1 Å². The predicted octanol–water partition coefficient (Wildman–Crippen LogP) is 3.88. The summed E-state index contributed by atoms with van der Waals surface area (Å²) in [4.78, 5) is 23.2. The number of anilines is 3. The Bertz CT molecular complexity index is 1420. The number of carbonyl (C=O) groups excluding carboxylic acids is 1. The Kier molecular flexibility index (Phi) is 6.81. The molecule has 2 aromatic heterocycles. The number of pyridine rings is 2.